The highest BCUT2D eigenvalue weighted by Gasteiger charge is 2.27. The number of hydrogen-bond donors (Lipinski definition) is 1. The fourth-order valence-electron chi connectivity index (χ4n) is 5.84. The van der Waals surface area contributed by atoms with E-state index >= 15 is 4.39 Å². The van der Waals surface area contributed by atoms with Gasteiger partial charge in [-0.25, -0.2) is 13.6 Å². The number of carbonyl (C=O) groups is 2. The fourth-order valence-corrected chi connectivity index (χ4v) is 6.76. The van der Waals surface area contributed by atoms with Crippen LogP contribution in [0.4, 0.5) is 13.6 Å². The van der Waals surface area contributed by atoms with Crippen molar-refractivity contribution in [3.05, 3.63) is 77.2 Å². The van der Waals surface area contributed by atoms with Crippen LogP contribution >= 0.6 is 11.3 Å². The first kappa shape index (κ1) is 32.5. The maximum Gasteiger partial charge on any atom is 0.407 e. The van der Waals surface area contributed by atoms with Gasteiger partial charge in [-0.3, -0.25) is 4.79 Å². The van der Waals surface area contributed by atoms with Crippen LogP contribution in [0.5, 0.6) is 5.75 Å². The molecule has 1 fully saturated rings. The number of thiophene rings is 1. The second-order valence-electron chi connectivity index (χ2n) is 11.5. The number of likely N-dealkylation sites (N-methyl/N-ethyl adjacent to an activating group) is 1. The maximum absolute atomic E-state index is 15.3. The van der Waals surface area contributed by atoms with Crippen LogP contribution in [-0.4, -0.2) is 91.1 Å². The lowest BCUT2D eigenvalue weighted by molar-refractivity contribution is -0.125. The van der Waals surface area contributed by atoms with Crippen molar-refractivity contribution in [1.82, 2.24) is 25.3 Å². The van der Waals surface area contributed by atoms with Gasteiger partial charge >= 0.3 is 6.09 Å². The molecule has 1 atom stereocenters. The molecule has 10 nitrogen and oxygen atoms in total. The summed E-state index contributed by atoms with van der Waals surface area (Å²) in [6.45, 7) is 6.77. The van der Waals surface area contributed by atoms with Gasteiger partial charge in [0.25, 0.3) is 0 Å². The molecule has 4 heterocycles. The van der Waals surface area contributed by atoms with Gasteiger partial charge in [-0.15, -0.1) is 21.5 Å². The smallest absolute Gasteiger partial charge is 0.407 e. The molecule has 13 heteroatoms. The number of halogens is 2. The lowest BCUT2D eigenvalue weighted by Crippen LogP contribution is -2.34. The molecule has 246 valence electrons. The summed E-state index contributed by atoms with van der Waals surface area (Å²) in [4.78, 5) is 27.6. The van der Waals surface area contributed by atoms with Gasteiger partial charge in [-0.1, -0.05) is 18.7 Å². The molecule has 2 aromatic carbocycles. The Balaban J connectivity index is 1.06. The monoisotopic (exact) mass is 663 g/mol. The molecule has 0 bridgehead atoms. The van der Waals surface area contributed by atoms with Crippen LogP contribution in [0, 0.1) is 11.6 Å². The molecule has 1 saturated heterocycles. The summed E-state index contributed by atoms with van der Waals surface area (Å²) < 4.78 is 47.1. The number of alkyl carbamates (subject to hydrolysis) is 1. The van der Waals surface area contributed by atoms with E-state index in [0.717, 1.165) is 25.1 Å². The summed E-state index contributed by atoms with van der Waals surface area (Å²) in [5.74, 6) is -0.957. The van der Waals surface area contributed by atoms with Crippen LogP contribution in [0.2, 0.25) is 0 Å². The van der Waals surface area contributed by atoms with Crippen LogP contribution in [0.25, 0.3) is 32.6 Å². The predicted octanol–water partition coefficient (Wildman–Crippen LogP) is 5.20. The van der Waals surface area contributed by atoms with Gasteiger partial charge in [-0.2, -0.15) is 0 Å². The van der Waals surface area contributed by atoms with E-state index in [-0.39, 0.29) is 49.8 Å². The first-order valence-electron chi connectivity index (χ1n) is 15.4. The Morgan fingerprint density at radius 3 is 2.79 bits per heavy atom. The summed E-state index contributed by atoms with van der Waals surface area (Å²) in [5.41, 5.74) is 4.67. The molecule has 47 heavy (non-hydrogen) atoms. The molecule has 2 amide bonds. The van der Waals surface area contributed by atoms with Crippen molar-refractivity contribution in [2.75, 3.05) is 53.0 Å². The summed E-state index contributed by atoms with van der Waals surface area (Å²) in [6.07, 6.45) is 1.77. The summed E-state index contributed by atoms with van der Waals surface area (Å²) in [7, 11) is 2.10. The molecule has 0 spiro atoms. The Bertz CT molecular complexity index is 1800. The van der Waals surface area contributed by atoms with Gasteiger partial charge in [0.15, 0.2) is 0 Å². The number of amides is 2. The molecule has 1 N–H and O–H groups in total. The number of aromatic nitrogens is 2. The minimum absolute atomic E-state index is 0.0707. The predicted molar refractivity (Wildman–Crippen MR) is 174 cm³/mol. The number of fused-ring (bicyclic) bond motifs is 2. The van der Waals surface area contributed by atoms with E-state index in [4.69, 9.17) is 14.2 Å². The van der Waals surface area contributed by atoms with Crippen molar-refractivity contribution in [3.8, 4) is 28.3 Å². The molecule has 6 rings (SSSR count). The molecule has 2 aliphatic heterocycles. The summed E-state index contributed by atoms with van der Waals surface area (Å²) >= 11 is 1.25. The second kappa shape index (κ2) is 14.5. The van der Waals surface area contributed by atoms with Crippen molar-refractivity contribution < 1.29 is 32.6 Å². The van der Waals surface area contributed by atoms with E-state index in [1.54, 1.807) is 4.90 Å². The second-order valence-corrected chi connectivity index (χ2v) is 12.4. The van der Waals surface area contributed by atoms with E-state index in [9.17, 15) is 14.0 Å². The van der Waals surface area contributed by atoms with E-state index in [1.165, 1.54) is 52.1 Å². The van der Waals surface area contributed by atoms with E-state index in [2.05, 4.69) is 46.2 Å². The Hall–Kier alpha value is -4.46. The molecular weight excluding hydrogens is 628 g/mol. The number of likely N-dealkylation sites (tertiary alicyclic amines) is 1. The third kappa shape index (κ3) is 7.42. The topological polar surface area (TPSA) is 106 Å². The maximum atomic E-state index is 15.3. The number of nitrogens with zero attached hydrogens (tertiary/aromatic N) is 4. The molecule has 0 aliphatic carbocycles. The van der Waals surface area contributed by atoms with Crippen LogP contribution in [0.15, 0.2) is 54.4 Å². The van der Waals surface area contributed by atoms with Crippen LogP contribution < -0.4 is 10.1 Å². The zero-order chi connectivity index (χ0) is 32.9. The van der Waals surface area contributed by atoms with Gasteiger partial charge in [0.2, 0.25) is 5.91 Å². The van der Waals surface area contributed by atoms with Crippen molar-refractivity contribution in [3.63, 3.8) is 0 Å². The van der Waals surface area contributed by atoms with E-state index in [1.807, 2.05) is 6.07 Å². The van der Waals surface area contributed by atoms with Crippen LogP contribution in [-0.2, 0) is 27.2 Å². The van der Waals surface area contributed by atoms with Gasteiger partial charge in [-0.05, 0) is 48.9 Å². The Morgan fingerprint density at radius 1 is 1.09 bits per heavy atom. The zero-order valence-electron chi connectivity index (χ0n) is 26.0. The van der Waals surface area contributed by atoms with Gasteiger partial charge in [0, 0.05) is 55.2 Å². The number of ether oxygens (including phenoxy) is 3. The first-order chi connectivity index (χ1) is 22.8. The standard InChI is InChI=1S/C34H35F2N5O5S/c1-3-29(42)41-12-9-25(19-41)46-34(43)37-10-13-44-14-15-45-28-17-24(35)6-7-26(28)32-30-27(36)20-47-33(30)31(38-39-32)22-4-5-23-18-40(2)11-8-21(23)16-22/h3-7,16-17,20,25H,1,8-15,18-19H2,2H3,(H,37,43)/t25-/m0/s1. The van der Waals surface area contributed by atoms with E-state index < -0.39 is 17.7 Å². The lowest BCUT2D eigenvalue weighted by atomic mass is 9.96. The molecule has 0 radical (unpaired) electrons. The number of benzene rings is 2. The highest BCUT2D eigenvalue weighted by Crippen LogP contribution is 2.41. The number of rotatable bonds is 11. The average Bonchev–Trinajstić information content (AvgIpc) is 3.70. The largest absolute Gasteiger partial charge is 0.490 e. The number of hydrogen-bond acceptors (Lipinski definition) is 9. The van der Waals surface area contributed by atoms with Crippen molar-refractivity contribution in [2.45, 2.75) is 25.5 Å². The summed E-state index contributed by atoms with van der Waals surface area (Å²) in [5, 5.41) is 13.3. The number of carbonyl (C=O) groups excluding carboxylic acids is 2. The molecule has 4 aromatic rings. The van der Waals surface area contributed by atoms with Crippen molar-refractivity contribution in [2.24, 2.45) is 0 Å². The summed E-state index contributed by atoms with van der Waals surface area (Å²) in [6, 6.07) is 10.2. The molecule has 2 aromatic heterocycles. The van der Waals surface area contributed by atoms with Crippen molar-refractivity contribution in [1.29, 1.82) is 0 Å². The van der Waals surface area contributed by atoms with E-state index in [0.29, 0.717) is 40.9 Å². The molecule has 0 saturated carbocycles. The van der Waals surface area contributed by atoms with Crippen LogP contribution in [0.3, 0.4) is 0 Å². The number of nitrogens with one attached hydrogen (secondary N) is 1. The van der Waals surface area contributed by atoms with Gasteiger partial charge in [0.05, 0.1) is 29.8 Å². The minimum atomic E-state index is -0.592. The Kier molecular flexibility index (Phi) is 10.0. The molecule has 0 unspecified atom stereocenters. The quantitative estimate of drug-likeness (QED) is 0.173. The van der Waals surface area contributed by atoms with Crippen LogP contribution in [0.1, 0.15) is 17.5 Å². The molecule has 2 aliphatic rings. The molecular formula is C34H35F2N5O5S. The Labute approximate surface area is 274 Å². The first-order valence-corrected chi connectivity index (χ1v) is 16.3. The SMILES string of the molecule is C=CC(=O)N1CC[C@H](OC(=O)NCCOCCOc2cc(F)ccc2-c2nnc(-c3ccc4c(c3)CCN(C)C4)c3scc(F)c23)C1. The minimum Gasteiger partial charge on any atom is -0.490 e. The average molecular weight is 664 g/mol. The third-order valence-electron chi connectivity index (χ3n) is 8.24. The van der Waals surface area contributed by atoms with Gasteiger partial charge in [0.1, 0.15) is 41.5 Å². The highest BCUT2D eigenvalue weighted by molar-refractivity contribution is 7.17. The normalized spacial score (nSPS) is 16.2. The van der Waals surface area contributed by atoms with Crippen molar-refractivity contribution >= 4 is 33.4 Å². The lowest BCUT2D eigenvalue weighted by Gasteiger charge is -2.25. The third-order valence-corrected chi connectivity index (χ3v) is 9.19. The fraction of sp³-hybridized carbons (Fsp3) is 0.353. The van der Waals surface area contributed by atoms with Gasteiger partial charge < -0.3 is 29.3 Å². The zero-order valence-corrected chi connectivity index (χ0v) is 26.8. The Morgan fingerprint density at radius 2 is 1.94 bits per heavy atom. The highest BCUT2D eigenvalue weighted by atomic mass is 32.1.